The van der Waals surface area contributed by atoms with Gasteiger partial charge in [0.2, 0.25) is 0 Å². The fraction of sp³-hybridized carbons (Fsp3) is 0.200. The van der Waals surface area contributed by atoms with Crippen LogP contribution in [0.2, 0.25) is 0 Å². The lowest BCUT2D eigenvalue weighted by molar-refractivity contribution is 0.652. The van der Waals surface area contributed by atoms with E-state index in [1.807, 2.05) is 0 Å². The molecule has 264 valence electrons. The van der Waals surface area contributed by atoms with E-state index in [9.17, 15) is 0 Å². The van der Waals surface area contributed by atoms with E-state index >= 15 is 0 Å². The molecule has 0 N–H and O–H groups in total. The van der Waals surface area contributed by atoms with E-state index in [0.717, 1.165) is 32.1 Å². The molecule has 5 aromatic carbocycles. The Kier molecular flexibility index (Phi) is 6.69. The van der Waals surface area contributed by atoms with Crippen LogP contribution in [0.15, 0.2) is 167 Å². The zero-order valence-corrected chi connectivity index (χ0v) is 32.0. The first-order valence-electron chi connectivity index (χ1n) is 20.6. The largest absolute Gasteiger partial charge is 0.0839 e. The third kappa shape index (κ3) is 4.34. The second-order valence-corrected chi connectivity index (χ2v) is 17.1. The quantitative estimate of drug-likeness (QED) is 0.164. The van der Waals surface area contributed by atoms with Crippen LogP contribution in [-0.4, -0.2) is 0 Å². The summed E-state index contributed by atoms with van der Waals surface area (Å²) in [5.41, 5.74) is 26.3. The standard InChI is InChI=1S/C55H44/c1-31-26-32(2)48(33(3)27-31)37-24-25-39-44(29-37)41-21-13-22-42-51(41)45(39)30-47-49(34-14-6-4-7-15-34)54-43-23-12-20-40-38-19-11-10-18-36(38)28-46(52(40)43)55(54)50(53(42)47)35-16-8-5-9-17-35/h4-9,11-17,19-23,26,28-30,33,40,52H,10,18,24-25,27H2,1-3H3. The van der Waals surface area contributed by atoms with E-state index in [-0.39, 0.29) is 0 Å². The number of allylic oxidation sites excluding steroid dienone is 18. The van der Waals surface area contributed by atoms with Gasteiger partial charge in [-0.25, -0.2) is 0 Å². The summed E-state index contributed by atoms with van der Waals surface area (Å²) < 4.78 is 0. The van der Waals surface area contributed by atoms with Crippen molar-refractivity contribution >= 4 is 43.8 Å². The third-order valence-corrected chi connectivity index (χ3v) is 14.0. The van der Waals surface area contributed by atoms with Crippen molar-refractivity contribution in [2.45, 2.75) is 52.9 Å². The van der Waals surface area contributed by atoms with Gasteiger partial charge in [-0.1, -0.05) is 140 Å². The van der Waals surface area contributed by atoms with Gasteiger partial charge in [0.1, 0.15) is 0 Å². The van der Waals surface area contributed by atoms with Gasteiger partial charge in [-0.3, -0.25) is 0 Å². The minimum atomic E-state index is 0.326. The lowest BCUT2D eigenvalue weighted by Gasteiger charge is -2.34. The summed E-state index contributed by atoms with van der Waals surface area (Å²) in [6.45, 7) is 7.06. The Hall–Kier alpha value is -5.72. The molecule has 7 aliphatic carbocycles. The molecule has 0 heteroatoms. The van der Waals surface area contributed by atoms with Gasteiger partial charge >= 0.3 is 0 Å². The number of fused-ring (bicyclic) bond motifs is 8. The molecule has 3 atom stereocenters. The maximum Gasteiger partial charge on any atom is 0.0206 e. The average Bonchev–Trinajstić information content (AvgIpc) is 3.71. The summed E-state index contributed by atoms with van der Waals surface area (Å²) in [4.78, 5) is 0. The smallest absolute Gasteiger partial charge is 0.0206 e. The summed E-state index contributed by atoms with van der Waals surface area (Å²) in [5.74, 6) is 1.25. The van der Waals surface area contributed by atoms with Crippen LogP contribution in [0.25, 0.3) is 66.1 Å². The maximum absolute atomic E-state index is 2.64. The molecule has 0 aliphatic heterocycles. The zero-order chi connectivity index (χ0) is 36.5. The van der Waals surface area contributed by atoms with Crippen molar-refractivity contribution < 1.29 is 0 Å². The Balaban J connectivity index is 1.22. The van der Waals surface area contributed by atoms with Crippen LogP contribution in [0.1, 0.15) is 75.1 Å². The minimum absolute atomic E-state index is 0.326. The highest BCUT2D eigenvalue weighted by Gasteiger charge is 2.45. The maximum atomic E-state index is 2.64. The monoisotopic (exact) mass is 704 g/mol. The molecule has 0 saturated heterocycles. The molecular weight excluding hydrogens is 661 g/mol. The molecule has 7 aliphatic rings. The first-order chi connectivity index (χ1) is 27.0. The normalized spacial score (nSPS) is 23.1. The first kappa shape index (κ1) is 31.6. The van der Waals surface area contributed by atoms with Gasteiger partial charge in [-0.2, -0.15) is 0 Å². The molecule has 0 radical (unpaired) electrons. The highest BCUT2D eigenvalue weighted by atomic mass is 14.5. The van der Waals surface area contributed by atoms with Crippen LogP contribution in [0.3, 0.4) is 0 Å². The Labute approximate surface area is 324 Å². The Bertz CT molecular complexity index is 2880. The second-order valence-electron chi connectivity index (χ2n) is 17.1. The van der Waals surface area contributed by atoms with Crippen LogP contribution in [0.5, 0.6) is 0 Å². The topological polar surface area (TPSA) is 0 Å². The molecule has 12 rings (SSSR count). The fourth-order valence-electron chi connectivity index (χ4n) is 12.1. The van der Waals surface area contributed by atoms with E-state index in [2.05, 4.69) is 154 Å². The van der Waals surface area contributed by atoms with Gasteiger partial charge in [0.25, 0.3) is 0 Å². The van der Waals surface area contributed by atoms with Gasteiger partial charge in [0, 0.05) is 11.8 Å². The molecule has 0 amide bonds. The molecule has 0 heterocycles. The zero-order valence-electron chi connectivity index (χ0n) is 32.0. The van der Waals surface area contributed by atoms with E-state index in [0.29, 0.717) is 17.8 Å². The molecule has 0 spiro atoms. The van der Waals surface area contributed by atoms with Crippen LogP contribution in [0, 0.1) is 17.8 Å². The summed E-state index contributed by atoms with van der Waals surface area (Å²) in [6, 6.07) is 32.5. The number of hydrogen-bond acceptors (Lipinski definition) is 0. The third-order valence-electron chi connectivity index (χ3n) is 14.0. The summed E-state index contributed by atoms with van der Waals surface area (Å²) in [5, 5.41) is 5.63. The molecular formula is C55H44. The fourth-order valence-corrected chi connectivity index (χ4v) is 12.1. The van der Waals surface area contributed by atoms with E-state index in [1.54, 1.807) is 11.1 Å². The highest BCUT2D eigenvalue weighted by Crippen LogP contribution is 2.63. The van der Waals surface area contributed by atoms with Crippen molar-refractivity contribution in [1.29, 1.82) is 0 Å². The van der Waals surface area contributed by atoms with Crippen molar-refractivity contribution in [3.63, 3.8) is 0 Å². The van der Waals surface area contributed by atoms with Crippen molar-refractivity contribution in [2.24, 2.45) is 17.8 Å². The second kappa shape index (κ2) is 11.6. The Morgan fingerprint density at radius 3 is 2.24 bits per heavy atom. The van der Waals surface area contributed by atoms with E-state index in [1.165, 1.54) is 111 Å². The predicted octanol–water partition coefficient (Wildman–Crippen LogP) is 14.8. The predicted molar refractivity (Wildman–Crippen MR) is 234 cm³/mol. The van der Waals surface area contributed by atoms with Gasteiger partial charge in [-0.15, -0.1) is 0 Å². The van der Waals surface area contributed by atoms with Crippen LogP contribution < -0.4 is 0 Å². The van der Waals surface area contributed by atoms with Gasteiger partial charge in [-0.05, 0) is 174 Å². The molecule has 0 nitrogen and oxygen atoms in total. The SMILES string of the molecule is CC1=CC(C)=C(C2=CC3=C(CC2)c2cc4c(-c5ccccc5)c5c(c(-c6ccccc6)c4c4cccc3c24)C2=CC3=C(C=CCC3)C3C=CC=C5C23)C(C)C1. The average molecular weight is 705 g/mol. The number of hydrogen-bond donors (Lipinski definition) is 0. The molecule has 3 unspecified atom stereocenters. The van der Waals surface area contributed by atoms with Crippen molar-refractivity contribution in [3.05, 3.63) is 189 Å². The summed E-state index contributed by atoms with van der Waals surface area (Å²) in [6.07, 6.45) is 25.4. The molecule has 0 aromatic heterocycles. The van der Waals surface area contributed by atoms with Crippen molar-refractivity contribution in [1.82, 2.24) is 0 Å². The number of benzene rings is 5. The first-order valence-corrected chi connectivity index (χ1v) is 20.6. The molecule has 5 aromatic rings. The summed E-state index contributed by atoms with van der Waals surface area (Å²) >= 11 is 0. The number of rotatable bonds is 3. The van der Waals surface area contributed by atoms with Crippen molar-refractivity contribution in [3.8, 4) is 22.3 Å². The van der Waals surface area contributed by atoms with Crippen LogP contribution in [0.4, 0.5) is 0 Å². The lowest BCUT2D eigenvalue weighted by atomic mass is 9.69. The Morgan fingerprint density at radius 1 is 0.655 bits per heavy atom. The van der Waals surface area contributed by atoms with Gasteiger partial charge < -0.3 is 0 Å². The molecule has 0 fully saturated rings. The van der Waals surface area contributed by atoms with Crippen molar-refractivity contribution in [2.75, 3.05) is 0 Å². The lowest BCUT2D eigenvalue weighted by Crippen LogP contribution is -2.21. The van der Waals surface area contributed by atoms with E-state index < -0.39 is 0 Å². The van der Waals surface area contributed by atoms with Crippen LogP contribution in [-0.2, 0) is 0 Å². The van der Waals surface area contributed by atoms with E-state index in [4.69, 9.17) is 0 Å². The van der Waals surface area contributed by atoms with Gasteiger partial charge in [0.15, 0.2) is 0 Å². The van der Waals surface area contributed by atoms with Crippen LogP contribution >= 0.6 is 0 Å². The highest BCUT2D eigenvalue weighted by molar-refractivity contribution is 6.30. The summed E-state index contributed by atoms with van der Waals surface area (Å²) in [7, 11) is 0. The Morgan fingerprint density at radius 2 is 1.44 bits per heavy atom. The molecule has 0 bridgehead atoms. The van der Waals surface area contributed by atoms with Gasteiger partial charge in [0.05, 0.1) is 0 Å². The minimum Gasteiger partial charge on any atom is -0.0839 e. The molecule has 0 saturated carbocycles. The molecule has 55 heavy (non-hydrogen) atoms.